The van der Waals surface area contributed by atoms with Crippen LogP contribution in [0.5, 0.6) is 5.75 Å². The van der Waals surface area contributed by atoms with Gasteiger partial charge >= 0.3 is 5.97 Å². The molecule has 0 aromatic heterocycles. The highest BCUT2D eigenvalue weighted by molar-refractivity contribution is 5.93. The van der Waals surface area contributed by atoms with Gasteiger partial charge in [0, 0.05) is 12.1 Å². The molecular weight excluding hydrogens is 364 g/mol. The van der Waals surface area contributed by atoms with E-state index in [9.17, 15) is 19.7 Å². The Labute approximate surface area is 162 Å². The van der Waals surface area contributed by atoms with Crippen LogP contribution in [0.3, 0.4) is 0 Å². The molecule has 0 atom stereocenters. The van der Waals surface area contributed by atoms with Gasteiger partial charge < -0.3 is 14.8 Å². The summed E-state index contributed by atoms with van der Waals surface area (Å²) in [7, 11) is 0. The first-order valence-corrected chi connectivity index (χ1v) is 8.85. The van der Waals surface area contributed by atoms with Crippen molar-refractivity contribution in [2.24, 2.45) is 0 Å². The Morgan fingerprint density at radius 2 is 1.86 bits per heavy atom. The van der Waals surface area contributed by atoms with Crippen LogP contribution in [0.1, 0.15) is 35.7 Å². The highest BCUT2D eigenvalue weighted by Crippen LogP contribution is 2.22. The minimum absolute atomic E-state index is 0.108. The van der Waals surface area contributed by atoms with Gasteiger partial charge in [0.1, 0.15) is 5.75 Å². The van der Waals surface area contributed by atoms with Crippen LogP contribution in [0.15, 0.2) is 42.5 Å². The summed E-state index contributed by atoms with van der Waals surface area (Å²) in [6, 6.07) is 10.5. The molecule has 8 heteroatoms. The molecule has 148 valence electrons. The Morgan fingerprint density at radius 3 is 2.50 bits per heavy atom. The summed E-state index contributed by atoms with van der Waals surface area (Å²) in [6.45, 7) is 3.85. The number of nitrogens with zero attached hydrogens (tertiary/aromatic N) is 1. The quantitative estimate of drug-likeness (QED) is 0.303. The lowest BCUT2D eigenvalue weighted by Gasteiger charge is -2.10. The van der Waals surface area contributed by atoms with Gasteiger partial charge in [-0.05, 0) is 43.2 Å². The number of carbonyl (C=O) groups is 2. The molecule has 2 rings (SSSR count). The van der Waals surface area contributed by atoms with Gasteiger partial charge in [0.2, 0.25) is 0 Å². The molecule has 0 spiro atoms. The van der Waals surface area contributed by atoms with Crippen molar-refractivity contribution in [2.75, 3.05) is 18.5 Å². The normalized spacial score (nSPS) is 10.2. The molecule has 0 saturated carbocycles. The maximum Gasteiger partial charge on any atom is 0.338 e. The molecule has 0 aliphatic carbocycles. The molecule has 2 aromatic rings. The van der Waals surface area contributed by atoms with Crippen molar-refractivity contribution < 1.29 is 24.0 Å². The van der Waals surface area contributed by atoms with Gasteiger partial charge in [0.25, 0.3) is 11.6 Å². The number of hydrogen-bond acceptors (Lipinski definition) is 6. The molecule has 0 fully saturated rings. The van der Waals surface area contributed by atoms with Crippen LogP contribution >= 0.6 is 0 Å². The lowest BCUT2D eigenvalue weighted by Crippen LogP contribution is -2.20. The van der Waals surface area contributed by atoms with Crippen LogP contribution in [0.4, 0.5) is 11.4 Å². The Morgan fingerprint density at radius 1 is 1.14 bits per heavy atom. The molecule has 0 aliphatic heterocycles. The summed E-state index contributed by atoms with van der Waals surface area (Å²) in [5.74, 6) is -0.443. The SMILES string of the molecule is CCCCOC(=O)c1ccc(OCC(=O)Nc2cc([N+](=O)[O-])ccc2C)cc1. The number of benzene rings is 2. The van der Waals surface area contributed by atoms with Gasteiger partial charge in [-0.3, -0.25) is 14.9 Å². The maximum absolute atomic E-state index is 12.1. The zero-order chi connectivity index (χ0) is 20.5. The lowest BCUT2D eigenvalue weighted by atomic mass is 10.2. The largest absolute Gasteiger partial charge is 0.484 e. The Balaban J connectivity index is 1.88. The average Bonchev–Trinajstić information content (AvgIpc) is 2.68. The summed E-state index contributed by atoms with van der Waals surface area (Å²) in [4.78, 5) is 34.2. The molecule has 8 nitrogen and oxygen atoms in total. The van der Waals surface area contributed by atoms with Crippen molar-refractivity contribution in [3.05, 3.63) is 63.7 Å². The third-order valence-corrected chi connectivity index (χ3v) is 3.90. The number of nitro benzene ring substituents is 1. The van der Waals surface area contributed by atoms with Gasteiger partial charge in [0.15, 0.2) is 6.61 Å². The first-order valence-electron chi connectivity index (χ1n) is 8.85. The van der Waals surface area contributed by atoms with Crippen molar-refractivity contribution in [3.63, 3.8) is 0 Å². The Bertz CT molecular complexity index is 848. The first-order chi connectivity index (χ1) is 13.4. The fourth-order valence-corrected chi connectivity index (χ4v) is 2.27. The van der Waals surface area contributed by atoms with E-state index >= 15 is 0 Å². The van der Waals surface area contributed by atoms with E-state index in [4.69, 9.17) is 9.47 Å². The van der Waals surface area contributed by atoms with Crippen LogP contribution in [-0.2, 0) is 9.53 Å². The molecule has 2 aromatic carbocycles. The zero-order valence-corrected chi connectivity index (χ0v) is 15.8. The molecule has 1 N–H and O–H groups in total. The van der Waals surface area contributed by atoms with Crippen LogP contribution in [-0.4, -0.2) is 30.0 Å². The monoisotopic (exact) mass is 386 g/mol. The molecule has 28 heavy (non-hydrogen) atoms. The third-order valence-electron chi connectivity index (χ3n) is 3.90. The van der Waals surface area contributed by atoms with Crippen molar-refractivity contribution >= 4 is 23.3 Å². The van der Waals surface area contributed by atoms with E-state index < -0.39 is 16.8 Å². The average molecular weight is 386 g/mol. The van der Waals surface area contributed by atoms with Gasteiger partial charge in [-0.1, -0.05) is 19.4 Å². The molecule has 0 heterocycles. The number of nitro groups is 1. The number of anilines is 1. The van der Waals surface area contributed by atoms with Crippen LogP contribution in [0, 0.1) is 17.0 Å². The van der Waals surface area contributed by atoms with Gasteiger partial charge in [-0.25, -0.2) is 4.79 Å². The second-order valence-electron chi connectivity index (χ2n) is 6.11. The summed E-state index contributed by atoms with van der Waals surface area (Å²) in [6.07, 6.45) is 1.75. The van der Waals surface area contributed by atoms with E-state index in [1.165, 1.54) is 12.1 Å². The van der Waals surface area contributed by atoms with E-state index in [1.54, 1.807) is 37.3 Å². The van der Waals surface area contributed by atoms with Gasteiger partial charge in [-0.2, -0.15) is 0 Å². The number of ether oxygens (including phenoxy) is 2. The fraction of sp³-hybridized carbons (Fsp3) is 0.300. The minimum atomic E-state index is -0.527. The number of aryl methyl sites for hydroxylation is 1. The summed E-state index contributed by atoms with van der Waals surface area (Å²) in [5.41, 5.74) is 1.35. The number of carbonyl (C=O) groups excluding carboxylic acids is 2. The van der Waals surface area contributed by atoms with E-state index in [2.05, 4.69) is 5.32 Å². The second kappa shape index (κ2) is 10.1. The van der Waals surface area contributed by atoms with Crippen LogP contribution in [0.2, 0.25) is 0 Å². The number of amides is 1. The van der Waals surface area contributed by atoms with Crippen molar-refractivity contribution in [3.8, 4) is 5.75 Å². The number of rotatable bonds is 9. The highest BCUT2D eigenvalue weighted by atomic mass is 16.6. The number of hydrogen-bond donors (Lipinski definition) is 1. The smallest absolute Gasteiger partial charge is 0.338 e. The predicted octanol–water partition coefficient (Wildman–Crippen LogP) is 3.88. The summed E-state index contributed by atoms with van der Waals surface area (Å²) in [5, 5.41) is 13.4. The third kappa shape index (κ3) is 6.08. The van der Waals surface area contributed by atoms with Crippen LogP contribution in [0.25, 0.3) is 0 Å². The number of non-ortho nitro benzene ring substituents is 1. The zero-order valence-electron chi connectivity index (χ0n) is 15.8. The number of esters is 1. The Kier molecular flexibility index (Phi) is 7.50. The van der Waals surface area contributed by atoms with Crippen molar-refractivity contribution in [1.29, 1.82) is 0 Å². The Hall–Kier alpha value is -3.42. The molecule has 0 bridgehead atoms. The summed E-state index contributed by atoms with van der Waals surface area (Å²) < 4.78 is 10.5. The maximum atomic E-state index is 12.1. The molecule has 1 amide bonds. The lowest BCUT2D eigenvalue weighted by molar-refractivity contribution is -0.384. The molecule has 0 radical (unpaired) electrons. The standard InChI is InChI=1S/C20H22N2O6/c1-3-4-11-27-20(24)15-6-9-17(10-7-15)28-13-19(23)21-18-12-16(22(25)26)8-5-14(18)2/h5-10,12H,3-4,11,13H2,1-2H3,(H,21,23). The predicted molar refractivity (Wildman–Crippen MR) is 104 cm³/mol. The van der Waals surface area contributed by atoms with E-state index in [0.717, 1.165) is 12.8 Å². The van der Waals surface area contributed by atoms with Gasteiger partial charge in [-0.15, -0.1) is 0 Å². The first kappa shape index (κ1) is 20.9. The van der Waals surface area contributed by atoms with E-state index in [-0.39, 0.29) is 12.3 Å². The minimum Gasteiger partial charge on any atom is -0.484 e. The van der Waals surface area contributed by atoms with Crippen molar-refractivity contribution in [2.45, 2.75) is 26.7 Å². The fourth-order valence-electron chi connectivity index (χ4n) is 2.27. The molecule has 0 aliphatic rings. The van der Waals surface area contributed by atoms with Gasteiger partial charge in [0.05, 0.1) is 22.8 Å². The molecule has 0 saturated heterocycles. The highest BCUT2D eigenvalue weighted by Gasteiger charge is 2.12. The van der Waals surface area contributed by atoms with E-state index in [1.807, 2.05) is 6.92 Å². The topological polar surface area (TPSA) is 108 Å². The summed E-state index contributed by atoms with van der Waals surface area (Å²) >= 11 is 0. The number of nitrogens with one attached hydrogen (secondary N) is 1. The van der Waals surface area contributed by atoms with Crippen LogP contribution < -0.4 is 10.1 Å². The number of unbranched alkanes of at least 4 members (excludes halogenated alkanes) is 1. The van der Waals surface area contributed by atoms with E-state index in [0.29, 0.717) is 29.2 Å². The molecular formula is C20H22N2O6. The van der Waals surface area contributed by atoms with Crippen molar-refractivity contribution in [1.82, 2.24) is 0 Å². The second-order valence-corrected chi connectivity index (χ2v) is 6.11. The molecule has 0 unspecified atom stereocenters.